The van der Waals surface area contributed by atoms with Crippen LogP contribution in [-0.2, 0) is 29.1 Å². The van der Waals surface area contributed by atoms with Crippen LogP contribution < -0.4 is 15.4 Å². The fourth-order valence-corrected chi connectivity index (χ4v) is 4.38. The number of aryl methyl sites for hydroxylation is 1. The van der Waals surface area contributed by atoms with Gasteiger partial charge in [-0.15, -0.1) is 0 Å². The van der Waals surface area contributed by atoms with Crippen LogP contribution in [0.1, 0.15) is 31.2 Å². The Balaban J connectivity index is 1.76. The summed E-state index contributed by atoms with van der Waals surface area (Å²) in [5.74, 6) is -1.37. The zero-order valence-electron chi connectivity index (χ0n) is 18.8. The zero-order valence-corrected chi connectivity index (χ0v) is 19.6. The zero-order chi connectivity index (χ0) is 24.9. The number of carbonyl (C=O) groups is 3. The number of ether oxygens (including phenoxy) is 2. The van der Waals surface area contributed by atoms with Gasteiger partial charge in [-0.3, -0.25) is 4.79 Å². The maximum Gasteiger partial charge on any atom is 0.338 e. The van der Waals surface area contributed by atoms with E-state index in [0.29, 0.717) is 0 Å². The highest BCUT2D eigenvalue weighted by atomic mass is 32.2. The van der Waals surface area contributed by atoms with Gasteiger partial charge in [-0.05, 0) is 45.0 Å². The standard InChI is InChI=1S/C22H25N3O8S/c1-4-31-21(27)18-16(23-22(28)24-19(18)17-6-5-11-32-17)12-33-20(26)14(3)25-34(29,30)15-9-7-13(2)8-10-15/h5-11,14,19,25H,4,12H2,1-3H3,(H2,23,24,28)/t14-,19?/m0/s1. The maximum atomic E-state index is 12.6. The summed E-state index contributed by atoms with van der Waals surface area (Å²) in [4.78, 5) is 37.3. The molecule has 1 aliphatic heterocycles. The first kappa shape index (κ1) is 25.0. The van der Waals surface area contributed by atoms with E-state index in [-0.39, 0.29) is 28.5 Å². The Morgan fingerprint density at radius 1 is 1.18 bits per heavy atom. The highest BCUT2D eigenvalue weighted by molar-refractivity contribution is 7.89. The molecular weight excluding hydrogens is 466 g/mol. The Kier molecular flexibility index (Phi) is 7.74. The third-order valence-corrected chi connectivity index (χ3v) is 6.41. The molecule has 0 aliphatic carbocycles. The molecule has 0 radical (unpaired) electrons. The van der Waals surface area contributed by atoms with Gasteiger partial charge in [-0.25, -0.2) is 18.0 Å². The van der Waals surface area contributed by atoms with Crippen molar-refractivity contribution in [1.82, 2.24) is 15.4 Å². The van der Waals surface area contributed by atoms with Crippen molar-refractivity contribution in [1.29, 1.82) is 0 Å². The normalized spacial score (nSPS) is 16.9. The number of nitrogens with one attached hydrogen (secondary N) is 3. The molecule has 11 nitrogen and oxygen atoms in total. The van der Waals surface area contributed by atoms with Crippen molar-refractivity contribution in [3.8, 4) is 0 Å². The minimum absolute atomic E-state index is 0.00270. The second-order valence-corrected chi connectivity index (χ2v) is 9.14. The largest absolute Gasteiger partial charge is 0.467 e. The predicted molar refractivity (Wildman–Crippen MR) is 119 cm³/mol. The summed E-state index contributed by atoms with van der Waals surface area (Å²) in [7, 11) is -3.97. The number of esters is 2. The molecule has 182 valence electrons. The molecule has 3 rings (SSSR count). The molecule has 0 bridgehead atoms. The first-order valence-corrected chi connectivity index (χ1v) is 11.9. The van der Waals surface area contributed by atoms with E-state index in [1.165, 1.54) is 25.3 Å². The van der Waals surface area contributed by atoms with E-state index < -0.39 is 46.7 Å². The van der Waals surface area contributed by atoms with Crippen molar-refractivity contribution in [3.63, 3.8) is 0 Å². The van der Waals surface area contributed by atoms with Gasteiger partial charge >= 0.3 is 18.0 Å². The van der Waals surface area contributed by atoms with Crippen molar-refractivity contribution in [2.45, 2.75) is 37.8 Å². The monoisotopic (exact) mass is 491 g/mol. The first-order valence-electron chi connectivity index (χ1n) is 10.4. The van der Waals surface area contributed by atoms with Crippen LogP contribution in [0.15, 0.2) is 63.2 Å². The lowest BCUT2D eigenvalue weighted by atomic mass is 10.0. The quantitative estimate of drug-likeness (QED) is 0.448. The Bertz CT molecular complexity index is 1190. The Hall–Kier alpha value is -3.64. The number of sulfonamides is 1. The van der Waals surface area contributed by atoms with E-state index in [2.05, 4.69) is 15.4 Å². The van der Waals surface area contributed by atoms with Crippen LogP contribution in [0.4, 0.5) is 4.79 Å². The van der Waals surface area contributed by atoms with Gasteiger partial charge < -0.3 is 24.5 Å². The number of amides is 2. The number of rotatable bonds is 9. The van der Waals surface area contributed by atoms with Gasteiger partial charge in [-0.2, -0.15) is 4.72 Å². The van der Waals surface area contributed by atoms with E-state index in [9.17, 15) is 22.8 Å². The molecule has 0 saturated heterocycles. The molecule has 0 saturated carbocycles. The topological polar surface area (TPSA) is 153 Å². The number of urea groups is 1. The van der Waals surface area contributed by atoms with Crippen molar-refractivity contribution >= 4 is 28.0 Å². The summed E-state index contributed by atoms with van der Waals surface area (Å²) in [6.07, 6.45) is 1.38. The van der Waals surface area contributed by atoms with E-state index in [0.717, 1.165) is 5.56 Å². The molecule has 2 heterocycles. The molecule has 2 amide bonds. The van der Waals surface area contributed by atoms with Gasteiger partial charge in [0.15, 0.2) is 0 Å². The lowest BCUT2D eigenvalue weighted by Crippen LogP contribution is -2.47. The van der Waals surface area contributed by atoms with Gasteiger partial charge in [0.05, 0.1) is 29.0 Å². The van der Waals surface area contributed by atoms with Crippen LogP contribution in [0.25, 0.3) is 0 Å². The molecular formula is C22H25N3O8S. The number of hydrogen-bond acceptors (Lipinski definition) is 8. The van der Waals surface area contributed by atoms with E-state index >= 15 is 0 Å². The molecule has 2 aromatic rings. The lowest BCUT2D eigenvalue weighted by Gasteiger charge is -2.27. The summed E-state index contributed by atoms with van der Waals surface area (Å²) >= 11 is 0. The third-order valence-electron chi connectivity index (χ3n) is 4.85. The highest BCUT2D eigenvalue weighted by Gasteiger charge is 2.36. The highest BCUT2D eigenvalue weighted by Crippen LogP contribution is 2.28. The molecule has 3 N–H and O–H groups in total. The van der Waals surface area contributed by atoms with Gasteiger partial charge in [0.1, 0.15) is 24.5 Å². The Morgan fingerprint density at radius 2 is 1.88 bits per heavy atom. The molecule has 2 atom stereocenters. The molecule has 1 unspecified atom stereocenters. The van der Waals surface area contributed by atoms with Gasteiger partial charge in [0.25, 0.3) is 0 Å². The number of benzene rings is 1. The molecule has 12 heteroatoms. The second-order valence-electron chi connectivity index (χ2n) is 7.42. The first-order chi connectivity index (χ1) is 16.1. The van der Waals surface area contributed by atoms with Crippen LogP contribution in [0, 0.1) is 6.92 Å². The number of hydrogen-bond donors (Lipinski definition) is 3. The number of carbonyl (C=O) groups excluding carboxylic acids is 3. The van der Waals surface area contributed by atoms with Crippen LogP contribution in [0.2, 0.25) is 0 Å². The molecule has 1 aromatic carbocycles. The van der Waals surface area contributed by atoms with Gasteiger partial charge in [0, 0.05) is 0 Å². The van der Waals surface area contributed by atoms with Crippen LogP contribution in [0.5, 0.6) is 0 Å². The fourth-order valence-electron chi connectivity index (χ4n) is 3.19. The van der Waals surface area contributed by atoms with Crippen LogP contribution in [-0.4, -0.2) is 45.6 Å². The molecule has 0 spiro atoms. The Morgan fingerprint density at radius 3 is 2.50 bits per heavy atom. The van der Waals surface area contributed by atoms with E-state index in [4.69, 9.17) is 13.9 Å². The SMILES string of the molecule is CCOC(=O)C1=C(COC(=O)[C@H](C)NS(=O)(=O)c2ccc(C)cc2)NC(=O)NC1c1ccco1. The summed E-state index contributed by atoms with van der Waals surface area (Å²) in [6, 6.07) is 6.43. The summed E-state index contributed by atoms with van der Waals surface area (Å²) in [6.45, 7) is 4.33. The molecule has 34 heavy (non-hydrogen) atoms. The molecule has 1 aliphatic rings. The minimum Gasteiger partial charge on any atom is -0.467 e. The van der Waals surface area contributed by atoms with Gasteiger partial charge in [-0.1, -0.05) is 17.7 Å². The molecule has 0 fully saturated rings. The van der Waals surface area contributed by atoms with Crippen molar-refractivity contribution < 1.29 is 36.7 Å². The summed E-state index contributed by atoms with van der Waals surface area (Å²) in [5.41, 5.74) is 0.872. The minimum atomic E-state index is -3.97. The number of furan rings is 1. The second kappa shape index (κ2) is 10.5. The maximum absolute atomic E-state index is 12.6. The smallest absolute Gasteiger partial charge is 0.338 e. The average Bonchev–Trinajstić information content (AvgIpc) is 3.32. The summed E-state index contributed by atoms with van der Waals surface area (Å²) in [5, 5.41) is 5.01. The lowest BCUT2D eigenvalue weighted by molar-refractivity contribution is -0.145. The van der Waals surface area contributed by atoms with E-state index in [1.54, 1.807) is 31.2 Å². The Labute approximate surface area is 196 Å². The molecule has 1 aromatic heterocycles. The van der Waals surface area contributed by atoms with Gasteiger partial charge in [0.2, 0.25) is 10.0 Å². The van der Waals surface area contributed by atoms with Crippen molar-refractivity contribution in [2.75, 3.05) is 13.2 Å². The third kappa shape index (κ3) is 5.83. The van der Waals surface area contributed by atoms with E-state index in [1.807, 2.05) is 6.92 Å². The predicted octanol–water partition coefficient (Wildman–Crippen LogP) is 1.67. The average molecular weight is 492 g/mol. The fraction of sp³-hybridized carbons (Fsp3) is 0.318. The van der Waals surface area contributed by atoms with Crippen LogP contribution in [0.3, 0.4) is 0 Å². The van der Waals surface area contributed by atoms with Crippen molar-refractivity contribution in [3.05, 3.63) is 65.3 Å². The van der Waals surface area contributed by atoms with Crippen LogP contribution >= 0.6 is 0 Å². The van der Waals surface area contributed by atoms with Crippen molar-refractivity contribution in [2.24, 2.45) is 0 Å². The summed E-state index contributed by atoms with van der Waals surface area (Å²) < 4.78 is 42.9.